The van der Waals surface area contributed by atoms with Crippen molar-refractivity contribution in [1.82, 2.24) is 5.06 Å². The molecule has 0 aliphatic carbocycles. The highest BCUT2D eigenvalue weighted by atomic mass is 16.5. The quantitative estimate of drug-likeness (QED) is 0.718. The van der Waals surface area contributed by atoms with E-state index in [4.69, 9.17) is 4.74 Å². The smallest absolute Gasteiger partial charge is 0.0717 e. The van der Waals surface area contributed by atoms with Crippen LogP contribution in [0.1, 0.15) is 37.9 Å². The van der Waals surface area contributed by atoms with Gasteiger partial charge in [-0.05, 0) is 24.0 Å². The minimum Gasteiger partial charge on any atom is -0.375 e. The minimum absolute atomic E-state index is 0.0473. The van der Waals surface area contributed by atoms with Crippen LogP contribution in [-0.4, -0.2) is 22.9 Å². The first-order valence-corrected chi connectivity index (χ1v) is 8.23. The van der Waals surface area contributed by atoms with Crippen molar-refractivity contribution in [2.75, 3.05) is 6.61 Å². The molecule has 2 aromatic rings. The molecule has 0 unspecified atom stereocenters. The third kappa shape index (κ3) is 5.17. The molecule has 0 amide bonds. The fraction of sp³-hybridized carbons (Fsp3) is 0.400. The Morgan fingerprint density at radius 2 is 1.48 bits per heavy atom. The Morgan fingerprint density at radius 3 is 2.04 bits per heavy atom. The number of hydroxylamine groups is 2. The molecule has 2 rings (SSSR count). The molecule has 0 spiro atoms. The zero-order chi connectivity index (χ0) is 16.7. The van der Waals surface area contributed by atoms with E-state index in [2.05, 4.69) is 13.8 Å². The van der Waals surface area contributed by atoms with E-state index in [9.17, 15) is 5.21 Å². The van der Waals surface area contributed by atoms with Crippen molar-refractivity contribution in [2.45, 2.75) is 39.5 Å². The Hall–Kier alpha value is -1.68. The van der Waals surface area contributed by atoms with Crippen molar-refractivity contribution < 1.29 is 9.94 Å². The monoisotopic (exact) mass is 313 g/mol. The molecule has 23 heavy (non-hydrogen) atoms. The Balaban J connectivity index is 1.94. The van der Waals surface area contributed by atoms with Gasteiger partial charge in [-0.3, -0.25) is 0 Å². The average Bonchev–Trinajstić information content (AvgIpc) is 2.59. The number of rotatable bonds is 8. The first-order valence-electron chi connectivity index (χ1n) is 8.23. The number of hydrogen-bond donors (Lipinski definition) is 1. The van der Waals surface area contributed by atoms with Gasteiger partial charge in [-0.1, -0.05) is 74.5 Å². The average molecular weight is 313 g/mol. The van der Waals surface area contributed by atoms with E-state index in [1.807, 2.05) is 67.6 Å². The molecule has 0 aromatic heterocycles. The summed E-state index contributed by atoms with van der Waals surface area (Å²) in [4.78, 5) is 0. The summed E-state index contributed by atoms with van der Waals surface area (Å²) in [5.74, 6) is 0.293. The summed E-state index contributed by atoms with van der Waals surface area (Å²) in [6.07, 6.45) is 0. The summed E-state index contributed by atoms with van der Waals surface area (Å²) in [6.45, 7) is 7.30. The van der Waals surface area contributed by atoms with Crippen molar-refractivity contribution >= 4 is 0 Å². The summed E-state index contributed by atoms with van der Waals surface area (Å²) < 4.78 is 5.85. The van der Waals surface area contributed by atoms with E-state index in [0.717, 1.165) is 11.1 Å². The number of hydrogen-bond acceptors (Lipinski definition) is 3. The zero-order valence-corrected chi connectivity index (χ0v) is 14.2. The maximum atomic E-state index is 10.7. The first kappa shape index (κ1) is 17.7. The second kappa shape index (κ2) is 8.82. The molecule has 3 heteroatoms. The molecule has 1 N–H and O–H groups in total. The molecule has 0 aliphatic rings. The van der Waals surface area contributed by atoms with Crippen molar-refractivity contribution in [1.29, 1.82) is 0 Å². The molecule has 0 radical (unpaired) electrons. The van der Waals surface area contributed by atoms with E-state index < -0.39 is 0 Å². The van der Waals surface area contributed by atoms with E-state index in [-0.39, 0.29) is 12.1 Å². The predicted octanol–water partition coefficient (Wildman–Crippen LogP) is 4.68. The second-order valence-corrected chi connectivity index (χ2v) is 6.28. The van der Waals surface area contributed by atoms with Crippen molar-refractivity contribution in [3.05, 3.63) is 71.8 Å². The Labute approximate surface area is 139 Å². The third-order valence-corrected chi connectivity index (χ3v) is 4.19. The SMILES string of the molecule is CC(C)[C@@H](COCc1ccccc1)N(O)[C@H](C)c1ccccc1. The van der Waals surface area contributed by atoms with E-state index >= 15 is 0 Å². The summed E-state index contributed by atoms with van der Waals surface area (Å²) in [7, 11) is 0. The predicted molar refractivity (Wildman–Crippen MR) is 93.2 cm³/mol. The van der Waals surface area contributed by atoms with Crippen LogP contribution in [0.25, 0.3) is 0 Å². The lowest BCUT2D eigenvalue weighted by atomic mass is 10.0. The van der Waals surface area contributed by atoms with Crippen molar-refractivity contribution in [3.8, 4) is 0 Å². The standard InChI is InChI=1S/C20H27NO2/c1-16(2)20(15-23-14-18-10-6-4-7-11-18)21(22)17(3)19-12-8-5-9-13-19/h4-13,16-17,20,22H,14-15H2,1-3H3/t17-,20-/m1/s1. The Bertz CT molecular complexity index is 556. The third-order valence-electron chi connectivity index (χ3n) is 4.19. The molecular formula is C20H27NO2. The normalized spacial score (nSPS) is 14.2. The lowest BCUT2D eigenvalue weighted by Crippen LogP contribution is -2.41. The maximum absolute atomic E-state index is 10.7. The largest absolute Gasteiger partial charge is 0.375 e. The van der Waals surface area contributed by atoms with Crippen LogP contribution in [0.4, 0.5) is 0 Å². The van der Waals surface area contributed by atoms with Gasteiger partial charge in [0, 0.05) is 0 Å². The van der Waals surface area contributed by atoms with Gasteiger partial charge in [0.1, 0.15) is 0 Å². The maximum Gasteiger partial charge on any atom is 0.0717 e. The molecule has 0 bridgehead atoms. The van der Waals surface area contributed by atoms with Crippen LogP contribution in [0.5, 0.6) is 0 Å². The van der Waals surface area contributed by atoms with Gasteiger partial charge in [-0.2, -0.15) is 5.06 Å². The van der Waals surface area contributed by atoms with Gasteiger partial charge in [-0.25, -0.2) is 0 Å². The Morgan fingerprint density at radius 1 is 0.913 bits per heavy atom. The number of ether oxygens (including phenoxy) is 1. The summed E-state index contributed by atoms with van der Waals surface area (Å²) >= 11 is 0. The number of nitrogens with zero attached hydrogens (tertiary/aromatic N) is 1. The molecule has 2 aromatic carbocycles. The summed E-state index contributed by atoms with van der Waals surface area (Å²) in [6, 6.07) is 20.1. The number of benzene rings is 2. The lowest BCUT2D eigenvalue weighted by Gasteiger charge is -2.33. The molecule has 2 atom stereocenters. The fourth-order valence-corrected chi connectivity index (χ4v) is 2.62. The van der Waals surface area contributed by atoms with E-state index in [1.165, 1.54) is 5.06 Å². The van der Waals surface area contributed by atoms with Gasteiger partial charge in [0.25, 0.3) is 0 Å². The van der Waals surface area contributed by atoms with Crippen LogP contribution < -0.4 is 0 Å². The molecule has 0 heterocycles. The van der Waals surface area contributed by atoms with Gasteiger partial charge in [0.2, 0.25) is 0 Å². The van der Waals surface area contributed by atoms with Crippen molar-refractivity contribution in [3.63, 3.8) is 0 Å². The van der Waals surface area contributed by atoms with Gasteiger partial charge >= 0.3 is 0 Å². The van der Waals surface area contributed by atoms with Crippen LogP contribution in [0.15, 0.2) is 60.7 Å². The molecule has 0 aliphatic heterocycles. The van der Waals surface area contributed by atoms with E-state index in [1.54, 1.807) is 0 Å². The Kier molecular flexibility index (Phi) is 6.78. The molecule has 0 saturated carbocycles. The second-order valence-electron chi connectivity index (χ2n) is 6.28. The van der Waals surface area contributed by atoms with Gasteiger partial charge in [0.15, 0.2) is 0 Å². The molecule has 0 saturated heterocycles. The van der Waals surface area contributed by atoms with Gasteiger partial charge in [0.05, 0.1) is 25.3 Å². The van der Waals surface area contributed by atoms with Gasteiger partial charge in [-0.15, -0.1) is 0 Å². The highest BCUT2D eigenvalue weighted by molar-refractivity contribution is 5.18. The summed E-state index contributed by atoms with van der Waals surface area (Å²) in [5, 5.41) is 12.1. The minimum atomic E-state index is -0.0658. The van der Waals surface area contributed by atoms with Crippen LogP contribution in [0, 0.1) is 5.92 Å². The molecule has 124 valence electrons. The lowest BCUT2D eigenvalue weighted by molar-refractivity contribution is -0.183. The zero-order valence-electron chi connectivity index (χ0n) is 14.2. The molecule has 0 fully saturated rings. The fourth-order valence-electron chi connectivity index (χ4n) is 2.62. The van der Waals surface area contributed by atoms with Crippen LogP contribution in [0.2, 0.25) is 0 Å². The topological polar surface area (TPSA) is 32.7 Å². The molecular weight excluding hydrogens is 286 g/mol. The highest BCUT2D eigenvalue weighted by Crippen LogP contribution is 2.23. The van der Waals surface area contributed by atoms with Crippen LogP contribution in [-0.2, 0) is 11.3 Å². The van der Waals surface area contributed by atoms with Crippen molar-refractivity contribution in [2.24, 2.45) is 5.92 Å². The van der Waals surface area contributed by atoms with Gasteiger partial charge < -0.3 is 9.94 Å². The van der Waals surface area contributed by atoms with Crippen LogP contribution >= 0.6 is 0 Å². The highest BCUT2D eigenvalue weighted by Gasteiger charge is 2.26. The van der Waals surface area contributed by atoms with Crippen LogP contribution in [0.3, 0.4) is 0 Å². The van der Waals surface area contributed by atoms with E-state index in [0.29, 0.717) is 19.1 Å². The molecule has 3 nitrogen and oxygen atoms in total. The first-order chi connectivity index (χ1) is 11.1. The summed E-state index contributed by atoms with van der Waals surface area (Å²) in [5.41, 5.74) is 2.25.